The summed E-state index contributed by atoms with van der Waals surface area (Å²) in [4.78, 5) is 36.2. The molecule has 1 fully saturated rings. The first-order valence-corrected chi connectivity index (χ1v) is 9.61. The Morgan fingerprint density at radius 1 is 1.22 bits per heavy atom. The lowest BCUT2D eigenvalue weighted by molar-refractivity contribution is -0.387. The summed E-state index contributed by atoms with van der Waals surface area (Å²) in [5.41, 5.74) is 0.398. The third-order valence-corrected chi connectivity index (χ3v) is 4.89. The molecule has 0 spiro atoms. The minimum absolute atomic E-state index is 0.0275. The van der Waals surface area contributed by atoms with E-state index >= 15 is 0 Å². The molecule has 0 aliphatic heterocycles. The minimum Gasteiger partial charge on any atom is -0.444 e. The van der Waals surface area contributed by atoms with Gasteiger partial charge in [-0.15, -0.1) is 11.8 Å². The molecule has 2 aromatic rings. The summed E-state index contributed by atoms with van der Waals surface area (Å²) < 4.78 is 5.44. The van der Waals surface area contributed by atoms with Crippen molar-refractivity contribution in [1.82, 2.24) is 5.32 Å². The van der Waals surface area contributed by atoms with E-state index in [-0.39, 0.29) is 17.3 Å². The van der Waals surface area contributed by atoms with E-state index in [2.05, 4.69) is 5.32 Å². The smallest absolute Gasteiger partial charge is 0.339 e. The number of carbonyl (C=O) groups is 2. The van der Waals surface area contributed by atoms with Gasteiger partial charge in [0.25, 0.3) is 11.6 Å². The fraction of sp³-hybridized carbons (Fsp3) is 0.263. The zero-order chi connectivity index (χ0) is 19.4. The SMILES string of the molecule is CSc1ccc(C(=O)O[C@@H](C(=O)NC2CC2)c2ccccc2)cc1[N+](=O)[O-]. The van der Waals surface area contributed by atoms with Gasteiger partial charge in [0.2, 0.25) is 6.10 Å². The molecule has 1 amide bonds. The van der Waals surface area contributed by atoms with Crippen molar-refractivity contribution < 1.29 is 19.2 Å². The van der Waals surface area contributed by atoms with Crippen LogP contribution in [0.3, 0.4) is 0 Å². The van der Waals surface area contributed by atoms with Crippen molar-refractivity contribution in [3.05, 3.63) is 69.8 Å². The molecule has 8 heteroatoms. The average molecular weight is 386 g/mol. The normalized spacial score (nSPS) is 14.3. The second-order valence-corrected chi connectivity index (χ2v) is 6.97. The number of nitrogens with one attached hydrogen (secondary N) is 1. The number of nitro groups is 1. The second-order valence-electron chi connectivity index (χ2n) is 6.12. The summed E-state index contributed by atoms with van der Waals surface area (Å²) in [7, 11) is 0. The van der Waals surface area contributed by atoms with E-state index in [9.17, 15) is 19.7 Å². The van der Waals surface area contributed by atoms with Crippen LogP contribution in [-0.4, -0.2) is 29.1 Å². The topological polar surface area (TPSA) is 98.5 Å². The molecule has 1 aliphatic rings. The van der Waals surface area contributed by atoms with Crippen molar-refractivity contribution in [3.8, 4) is 0 Å². The summed E-state index contributed by atoms with van der Waals surface area (Å²) in [5.74, 6) is -1.18. The van der Waals surface area contributed by atoms with Crippen LogP contribution in [0.2, 0.25) is 0 Å². The van der Waals surface area contributed by atoms with E-state index < -0.39 is 22.9 Å². The molecule has 27 heavy (non-hydrogen) atoms. The molecule has 2 aromatic carbocycles. The number of nitro benzene ring substituents is 1. The highest BCUT2D eigenvalue weighted by Gasteiger charge is 2.31. The van der Waals surface area contributed by atoms with E-state index in [0.29, 0.717) is 10.5 Å². The molecule has 0 radical (unpaired) electrons. The fourth-order valence-corrected chi connectivity index (χ4v) is 3.09. The summed E-state index contributed by atoms with van der Waals surface area (Å²) in [6.45, 7) is 0. The van der Waals surface area contributed by atoms with Gasteiger partial charge in [0.1, 0.15) is 0 Å². The first-order valence-electron chi connectivity index (χ1n) is 8.38. The number of nitrogens with zero attached hydrogens (tertiary/aromatic N) is 1. The monoisotopic (exact) mass is 386 g/mol. The maximum absolute atomic E-state index is 12.6. The Kier molecular flexibility index (Phi) is 5.75. The largest absolute Gasteiger partial charge is 0.444 e. The predicted molar refractivity (Wildman–Crippen MR) is 101 cm³/mol. The third kappa shape index (κ3) is 4.65. The van der Waals surface area contributed by atoms with Gasteiger partial charge >= 0.3 is 5.97 Å². The number of amides is 1. The number of rotatable bonds is 7. The van der Waals surface area contributed by atoms with Gasteiger partial charge in [-0.2, -0.15) is 0 Å². The second kappa shape index (κ2) is 8.22. The quantitative estimate of drug-likeness (QED) is 0.338. The molecule has 0 bridgehead atoms. The summed E-state index contributed by atoms with van der Waals surface area (Å²) in [5, 5.41) is 14.0. The van der Waals surface area contributed by atoms with Crippen LogP contribution >= 0.6 is 11.8 Å². The van der Waals surface area contributed by atoms with Crippen molar-refractivity contribution in [2.24, 2.45) is 0 Å². The van der Waals surface area contributed by atoms with E-state index in [1.165, 1.54) is 30.0 Å². The molecule has 1 saturated carbocycles. The van der Waals surface area contributed by atoms with Crippen LogP contribution in [0.4, 0.5) is 5.69 Å². The third-order valence-electron chi connectivity index (χ3n) is 4.10. The highest BCUT2D eigenvalue weighted by Crippen LogP contribution is 2.29. The molecule has 1 N–H and O–H groups in total. The average Bonchev–Trinajstić information content (AvgIpc) is 3.49. The fourth-order valence-electron chi connectivity index (χ4n) is 2.54. The zero-order valence-electron chi connectivity index (χ0n) is 14.6. The Morgan fingerprint density at radius 3 is 2.52 bits per heavy atom. The zero-order valence-corrected chi connectivity index (χ0v) is 15.4. The maximum atomic E-state index is 12.6. The van der Waals surface area contributed by atoms with Gasteiger partial charge in [-0.1, -0.05) is 30.3 Å². The number of ether oxygens (including phenoxy) is 1. The van der Waals surface area contributed by atoms with Crippen molar-refractivity contribution in [3.63, 3.8) is 0 Å². The summed E-state index contributed by atoms with van der Waals surface area (Å²) in [6, 6.07) is 12.9. The lowest BCUT2D eigenvalue weighted by atomic mass is 10.1. The maximum Gasteiger partial charge on any atom is 0.339 e. The van der Waals surface area contributed by atoms with Crippen molar-refractivity contribution in [2.75, 3.05) is 6.26 Å². The number of esters is 1. The molecule has 1 atom stereocenters. The Bertz CT molecular complexity index is 868. The van der Waals surface area contributed by atoms with Gasteiger partial charge in [-0.3, -0.25) is 14.9 Å². The Labute approximate surface area is 160 Å². The molecule has 0 heterocycles. The number of benzene rings is 2. The lowest BCUT2D eigenvalue weighted by Gasteiger charge is -2.18. The highest BCUT2D eigenvalue weighted by molar-refractivity contribution is 7.98. The van der Waals surface area contributed by atoms with Crippen LogP contribution in [0.5, 0.6) is 0 Å². The van der Waals surface area contributed by atoms with Crippen LogP contribution in [0.25, 0.3) is 0 Å². The Balaban J connectivity index is 1.84. The standard InChI is InChI=1S/C19H18N2O5S/c1-27-16-10-7-13(11-15(16)21(24)25)19(23)26-17(12-5-3-2-4-6-12)18(22)20-14-8-9-14/h2-7,10-11,14,17H,8-9H2,1H3,(H,20,22)/t17-/m1/s1. The molecule has 3 rings (SSSR count). The first-order chi connectivity index (χ1) is 13.0. The molecule has 1 aliphatic carbocycles. The van der Waals surface area contributed by atoms with Crippen LogP contribution in [0.15, 0.2) is 53.4 Å². The van der Waals surface area contributed by atoms with E-state index in [1.54, 1.807) is 36.6 Å². The number of thioether (sulfide) groups is 1. The minimum atomic E-state index is -1.11. The lowest BCUT2D eigenvalue weighted by Crippen LogP contribution is -2.33. The van der Waals surface area contributed by atoms with Crippen LogP contribution in [-0.2, 0) is 9.53 Å². The van der Waals surface area contributed by atoms with E-state index in [4.69, 9.17) is 4.74 Å². The van der Waals surface area contributed by atoms with E-state index in [0.717, 1.165) is 12.8 Å². The molecular weight excluding hydrogens is 368 g/mol. The molecule has 7 nitrogen and oxygen atoms in total. The van der Waals surface area contributed by atoms with Gasteiger partial charge in [-0.05, 0) is 31.2 Å². The van der Waals surface area contributed by atoms with E-state index in [1.807, 2.05) is 0 Å². The van der Waals surface area contributed by atoms with Gasteiger partial charge in [0.15, 0.2) is 0 Å². The number of carbonyl (C=O) groups excluding carboxylic acids is 2. The summed E-state index contributed by atoms with van der Waals surface area (Å²) >= 11 is 1.22. The van der Waals surface area contributed by atoms with Gasteiger partial charge in [-0.25, -0.2) is 4.79 Å². The first kappa shape index (κ1) is 18.9. The van der Waals surface area contributed by atoms with Crippen molar-refractivity contribution >= 4 is 29.3 Å². The van der Waals surface area contributed by atoms with Gasteiger partial charge in [0.05, 0.1) is 15.4 Å². The van der Waals surface area contributed by atoms with Gasteiger partial charge < -0.3 is 10.1 Å². The van der Waals surface area contributed by atoms with Crippen LogP contribution < -0.4 is 5.32 Å². The highest BCUT2D eigenvalue weighted by atomic mass is 32.2. The predicted octanol–water partition coefficient (Wildman–Crippen LogP) is 3.49. The number of hydrogen-bond acceptors (Lipinski definition) is 6. The molecule has 0 unspecified atom stereocenters. The Morgan fingerprint density at radius 2 is 1.93 bits per heavy atom. The van der Waals surface area contributed by atoms with Crippen molar-refractivity contribution in [2.45, 2.75) is 29.9 Å². The van der Waals surface area contributed by atoms with Crippen LogP contribution in [0.1, 0.15) is 34.9 Å². The summed E-state index contributed by atoms with van der Waals surface area (Å²) in [6.07, 6.45) is 2.42. The molecular formula is C19H18N2O5S. The van der Waals surface area contributed by atoms with Crippen LogP contribution in [0, 0.1) is 10.1 Å². The molecule has 140 valence electrons. The Hall–Kier alpha value is -2.87. The number of hydrogen-bond donors (Lipinski definition) is 1. The molecule has 0 saturated heterocycles. The molecule has 0 aromatic heterocycles. The van der Waals surface area contributed by atoms with Crippen molar-refractivity contribution in [1.29, 1.82) is 0 Å². The van der Waals surface area contributed by atoms with Gasteiger partial charge in [0, 0.05) is 17.7 Å².